The Bertz CT molecular complexity index is 849. The van der Waals surface area contributed by atoms with Crippen LogP contribution in [0.4, 0.5) is 0 Å². The third-order valence-electron chi connectivity index (χ3n) is 3.67. The van der Waals surface area contributed by atoms with Gasteiger partial charge in [0, 0.05) is 18.0 Å². The Morgan fingerprint density at radius 1 is 0.880 bits per heavy atom. The van der Waals surface area contributed by atoms with E-state index in [0.29, 0.717) is 31.3 Å². The lowest BCUT2D eigenvalue weighted by Crippen LogP contribution is -2.22. The SMILES string of the molecule is c1cncc(-c2noc(CN(Cc3ccco3)Cc3ccco3)n2)c1. The maximum Gasteiger partial charge on any atom is 0.241 e. The number of hydrogen-bond acceptors (Lipinski definition) is 7. The van der Waals surface area contributed by atoms with Crippen molar-refractivity contribution in [2.24, 2.45) is 0 Å². The van der Waals surface area contributed by atoms with Crippen molar-refractivity contribution >= 4 is 0 Å². The predicted octanol–water partition coefficient (Wildman–Crippen LogP) is 3.52. The fourth-order valence-electron chi connectivity index (χ4n) is 2.54. The molecule has 0 amide bonds. The Balaban J connectivity index is 1.50. The summed E-state index contributed by atoms with van der Waals surface area (Å²) in [5.74, 6) is 2.77. The molecule has 0 fully saturated rings. The molecule has 25 heavy (non-hydrogen) atoms. The summed E-state index contributed by atoms with van der Waals surface area (Å²) in [6, 6.07) is 11.3. The lowest BCUT2D eigenvalue weighted by Gasteiger charge is -2.17. The molecule has 0 aliphatic carbocycles. The van der Waals surface area contributed by atoms with Gasteiger partial charge in [-0.15, -0.1) is 0 Å². The number of hydrogen-bond donors (Lipinski definition) is 0. The molecule has 0 N–H and O–H groups in total. The molecule has 4 heterocycles. The zero-order valence-corrected chi connectivity index (χ0v) is 13.4. The second kappa shape index (κ2) is 7.14. The molecule has 4 rings (SSSR count). The minimum Gasteiger partial charge on any atom is -0.468 e. The third-order valence-corrected chi connectivity index (χ3v) is 3.67. The molecule has 0 bridgehead atoms. The van der Waals surface area contributed by atoms with E-state index < -0.39 is 0 Å². The summed E-state index contributed by atoms with van der Waals surface area (Å²) < 4.78 is 16.3. The molecule has 7 nitrogen and oxygen atoms in total. The molecular weight excluding hydrogens is 320 g/mol. The Morgan fingerprint density at radius 3 is 2.24 bits per heavy atom. The Morgan fingerprint density at radius 2 is 1.64 bits per heavy atom. The van der Waals surface area contributed by atoms with Gasteiger partial charge in [-0.25, -0.2) is 0 Å². The van der Waals surface area contributed by atoms with E-state index in [4.69, 9.17) is 13.4 Å². The highest BCUT2D eigenvalue weighted by Gasteiger charge is 2.16. The maximum absolute atomic E-state index is 5.45. The maximum atomic E-state index is 5.45. The van der Waals surface area contributed by atoms with Gasteiger partial charge in [0.05, 0.1) is 32.2 Å². The first-order valence-corrected chi connectivity index (χ1v) is 7.87. The van der Waals surface area contributed by atoms with E-state index in [1.807, 2.05) is 36.4 Å². The van der Waals surface area contributed by atoms with Crippen LogP contribution in [0, 0.1) is 0 Å². The van der Waals surface area contributed by atoms with Gasteiger partial charge in [0.15, 0.2) is 0 Å². The van der Waals surface area contributed by atoms with Gasteiger partial charge in [-0.1, -0.05) is 5.16 Å². The topological polar surface area (TPSA) is 81.3 Å². The van der Waals surface area contributed by atoms with Crippen molar-refractivity contribution in [2.45, 2.75) is 19.6 Å². The molecule has 0 unspecified atom stereocenters. The van der Waals surface area contributed by atoms with Crippen LogP contribution in [0.15, 0.2) is 74.7 Å². The molecule has 0 atom stereocenters. The molecule has 0 spiro atoms. The van der Waals surface area contributed by atoms with E-state index in [2.05, 4.69) is 20.0 Å². The van der Waals surface area contributed by atoms with Crippen LogP contribution in [-0.4, -0.2) is 20.0 Å². The first-order chi connectivity index (χ1) is 12.4. The van der Waals surface area contributed by atoms with Crippen molar-refractivity contribution in [1.29, 1.82) is 0 Å². The summed E-state index contributed by atoms with van der Waals surface area (Å²) in [5.41, 5.74) is 0.820. The van der Waals surface area contributed by atoms with Crippen LogP contribution in [0.3, 0.4) is 0 Å². The molecule has 0 saturated heterocycles. The number of aromatic nitrogens is 3. The van der Waals surface area contributed by atoms with Crippen molar-refractivity contribution in [3.63, 3.8) is 0 Å². The molecule has 0 aromatic carbocycles. The van der Waals surface area contributed by atoms with Gasteiger partial charge < -0.3 is 13.4 Å². The fraction of sp³-hybridized carbons (Fsp3) is 0.167. The summed E-state index contributed by atoms with van der Waals surface area (Å²) in [6.45, 7) is 1.70. The lowest BCUT2D eigenvalue weighted by atomic mass is 10.3. The van der Waals surface area contributed by atoms with E-state index in [1.54, 1.807) is 24.9 Å². The van der Waals surface area contributed by atoms with Gasteiger partial charge >= 0.3 is 0 Å². The van der Waals surface area contributed by atoms with Crippen molar-refractivity contribution < 1.29 is 13.4 Å². The third kappa shape index (κ3) is 3.84. The molecule has 4 aromatic rings. The second-order valence-electron chi connectivity index (χ2n) is 5.56. The van der Waals surface area contributed by atoms with E-state index in [-0.39, 0.29) is 0 Å². The van der Waals surface area contributed by atoms with Gasteiger partial charge in [0.1, 0.15) is 11.5 Å². The summed E-state index contributed by atoms with van der Waals surface area (Å²) in [5, 5.41) is 4.03. The highest BCUT2D eigenvalue weighted by Crippen LogP contribution is 2.17. The van der Waals surface area contributed by atoms with Gasteiger partial charge in [-0.2, -0.15) is 4.98 Å². The molecule has 0 radical (unpaired) electrons. The highest BCUT2D eigenvalue weighted by atomic mass is 16.5. The monoisotopic (exact) mass is 336 g/mol. The predicted molar refractivity (Wildman–Crippen MR) is 87.9 cm³/mol. The molecule has 0 aliphatic rings. The van der Waals surface area contributed by atoms with E-state index in [0.717, 1.165) is 17.1 Å². The van der Waals surface area contributed by atoms with E-state index in [1.165, 1.54) is 0 Å². The fourth-order valence-corrected chi connectivity index (χ4v) is 2.54. The van der Waals surface area contributed by atoms with Crippen LogP contribution in [0.2, 0.25) is 0 Å². The van der Waals surface area contributed by atoms with Crippen LogP contribution in [0.5, 0.6) is 0 Å². The molecular formula is C18H16N4O3. The molecule has 4 aromatic heterocycles. The standard InChI is InChI=1S/C18H16N4O3/c1-4-14(10-19-7-1)18-20-17(25-21-18)13-22(11-15-5-2-8-23-15)12-16-6-3-9-24-16/h1-10H,11-13H2. The average Bonchev–Trinajstić information content (AvgIpc) is 3.38. The zero-order valence-electron chi connectivity index (χ0n) is 13.4. The van der Waals surface area contributed by atoms with Crippen LogP contribution < -0.4 is 0 Å². The van der Waals surface area contributed by atoms with Crippen molar-refractivity contribution in [2.75, 3.05) is 0 Å². The average molecular weight is 336 g/mol. The van der Waals surface area contributed by atoms with Crippen LogP contribution in [0.25, 0.3) is 11.4 Å². The zero-order chi connectivity index (χ0) is 16.9. The lowest BCUT2D eigenvalue weighted by molar-refractivity contribution is 0.183. The second-order valence-corrected chi connectivity index (χ2v) is 5.56. The molecule has 0 aliphatic heterocycles. The van der Waals surface area contributed by atoms with Gasteiger partial charge in [-0.3, -0.25) is 9.88 Å². The molecule has 7 heteroatoms. The summed E-state index contributed by atoms with van der Waals surface area (Å²) in [4.78, 5) is 10.6. The van der Waals surface area contributed by atoms with Gasteiger partial charge in [-0.05, 0) is 36.4 Å². The summed E-state index contributed by atoms with van der Waals surface area (Å²) in [7, 11) is 0. The first-order valence-electron chi connectivity index (χ1n) is 7.87. The number of rotatable bonds is 7. The quantitative estimate of drug-likeness (QED) is 0.510. The minimum absolute atomic E-state index is 0.481. The highest BCUT2D eigenvalue weighted by molar-refractivity contribution is 5.51. The Labute approximate surface area is 143 Å². The number of furan rings is 2. The summed E-state index contributed by atoms with van der Waals surface area (Å²) >= 11 is 0. The Hall–Kier alpha value is -3.19. The number of pyridine rings is 1. The van der Waals surface area contributed by atoms with Crippen molar-refractivity contribution in [3.8, 4) is 11.4 Å². The van der Waals surface area contributed by atoms with Crippen LogP contribution in [-0.2, 0) is 19.6 Å². The number of nitrogens with zero attached hydrogens (tertiary/aromatic N) is 4. The van der Waals surface area contributed by atoms with Gasteiger partial charge in [0.25, 0.3) is 0 Å². The van der Waals surface area contributed by atoms with Crippen LogP contribution in [0.1, 0.15) is 17.4 Å². The van der Waals surface area contributed by atoms with E-state index in [9.17, 15) is 0 Å². The smallest absolute Gasteiger partial charge is 0.241 e. The van der Waals surface area contributed by atoms with Crippen molar-refractivity contribution in [1.82, 2.24) is 20.0 Å². The largest absolute Gasteiger partial charge is 0.468 e. The van der Waals surface area contributed by atoms with Gasteiger partial charge in [0.2, 0.25) is 11.7 Å². The normalized spacial score (nSPS) is 11.2. The van der Waals surface area contributed by atoms with Crippen LogP contribution >= 0.6 is 0 Å². The minimum atomic E-state index is 0.481. The Kier molecular flexibility index (Phi) is 4.38. The molecule has 0 saturated carbocycles. The van der Waals surface area contributed by atoms with Crippen molar-refractivity contribution in [3.05, 3.63) is 78.7 Å². The molecule has 126 valence electrons. The first kappa shape index (κ1) is 15.3. The van der Waals surface area contributed by atoms with E-state index >= 15 is 0 Å². The summed E-state index contributed by atoms with van der Waals surface area (Å²) in [6.07, 6.45) is 6.73.